The molecular weight excluding hydrogens is 100 g/mol. The first-order valence-corrected chi connectivity index (χ1v) is 2.64. The largest absolute Gasteiger partial charge is 0.396 e. The number of hydrogen-bond acceptors (Lipinski definition) is 1. The van der Waals surface area contributed by atoms with Gasteiger partial charge in [-0.3, -0.25) is 0 Å². The topological polar surface area (TPSA) is 20.2 Å². The van der Waals surface area contributed by atoms with E-state index in [0.29, 0.717) is 0 Å². The first kappa shape index (κ1) is 7.44. The standard InChI is InChI=1S/C7H12O/c1-4-6(2)7(3)5-8/h4,7-8H,1-2,5H2,3H3. The normalized spacial score (nSPS) is 12.8. The van der Waals surface area contributed by atoms with Gasteiger partial charge in [-0.15, -0.1) is 0 Å². The van der Waals surface area contributed by atoms with Gasteiger partial charge in [-0.1, -0.05) is 31.7 Å². The van der Waals surface area contributed by atoms with Crippen molar-refractivity contribution in [1.82, 2.24) is 0 Å². The van der Waals surface area contributed by atoms with Crippen LogP contribution < -0.4 is 0 Å². The van der Waals surface area contributed by atoms with Gasteiger partial charge < -0.3 is 5.11 Å². The van der Waals surface area contributed by atoms with Crippen molar-refractivity contribution in [2.24, 2.45) is 5.92 Å². The van der Waals surface area contributed by atoms with Crippen LogP contribution in [0.2, 0.25) is 0 Å². The summed E-state index contributed by atoms with van der Waals surface area (Å²) in [6.07, 6.45) is 1.67. The lowest BCUT2D eigenvalue weighted by molar-refractivity contribution is 0.258. The summed E-state index contributed by atoms with van der Waals surface area (Å²) in [6.45, 7) is 9.25. The molecule has 0 radical (unpaired) electrons. The minimum Gasteiger partial charge on any atom is -0.396 e. The van der Waals surface area contributed by atoms with Crippen LogP contribution in [-0.4, -0.2) is 11.7 Å². The Balaban J connectivity index is 3.62. The summed E-state index contributed by atoms with van der Waals surface area (Å²) in [5, 5.41) is 8.53. The van der Waals surface area contributed by atoms with Crippen molar-refractivity contribution in [3.8, 4) is 0 Å². The van der Waals surface area contributed by atoms with Crippen LogP contribution in [0.5, 0.6) is 0 Å². The Hall–Kier alpha value is -0.560. The molecule has 0 heterocycles. The third-order valence-corrected chi connectivity index (χ3v) is 1.17. The van der Waals surface area contributed by atoms with Crippen molar-refractivity contribution in [1.29, 1.82) is 0 Å². The summed E-state index contributed by atoms with van der Waals surface area (Å²) in [7, 11) is 0. The van der Waals surface area contributed by atoms with E-state index in [1.54, 1.807) is 6.08 Å². The average molecular weight is 112 g/mol. The van der Waals surface area contributed by atoms with Gasteiger partial charge >= 0.3 is 0 Å². The Labute approximate surface area is 50.3 Å². The second kappa shape index (κ2) is 3.44. The Morgan fingerprint density at radius 2 is 2.38 bits per heavy atom. The van der Waals surface area contributed by atoms with Gasteiger partial charge in [0.15, 0.2) is 0 Å². The highest BCUT2D eigenvalue weighted by Gasteiger charge is 1.98. The summed E-state index contributed by atoms with van der Waals surface area (Å²) in [6, 6.07) is 0. The SMILES string of the molecule is C=CC(=C)C(C)CO. The van der Waals surface area contributed by atoms with E-state index in [4.69, 9.17) is 5.11 Å². The molecule has 1 heteroatoms. The van der Waals surface area contributed by atoms with E-state index < -0.39 is 0 Å². The number of allylic oxidation sites excluding steroid dienone is 1. The van der Waals surface area contributed by atoms with Gasteiger partial charge in [0.1, 0.15) is 0 Å². The van der Waals surface area contributed by atoms with Crippen molar-refractivity contribution in [2.75, 3.05) is 6.61 Å². The van der Waals surface area contributed by atoms with Gasteiger partial charge in [0, 0.05) is 12.5 Å². The minimum absolute atomic E-state index is 0.158. The van der Waals surface area contributed by atoms with Crippen LogP contribution in [0, 0.1) is 5.92 Å². The molecule has 0 aliphatic rings. The Bertz CT molecular complexity index is 94.6. The molecule has 0 amide bonds. The molecule has 0 aromatic rings. The summed E-state index contributed by atoms with van der Waals surface area (Å²) >= 11 is 0. The zero-order chi connectivity index (χ0) is 6.57. The van der Waals surface area contributed by atoms with Crippen molar-refractivity contribution in [2.45, 2.75) is 6.92 Å². The van der Waals surface area contributed by atoms with Gasteiger partial charge in [0.05, 0.1) is 0 Å². The van der Waals surface area contributed by atoms with Crippen LogP contribution >= 0.6 is 0 Å². The zero-order valence-corrected chi connectivity index (χ0v) is 5.22. The number of hydrogen-bond donors (Lipinski definition) is 1. The number of rotatable bonds is 3. The molecule has 0 fully saturated rings. The first-order chi connectivity index (χ1) is 3.72. The van der Waals surface area contributed by atoms with Crippen LogP contribution in [0.4, 0.5) is 0 Å². The van der Waals surface area contributed by atoms with Crippen molar-refractivity contribution in [3.63, 3.8) is 0 Å². The molecule has 8 heavy (non-hydrogen) atoms. The second-order valence-corrected chi connectivity index (χ2v) is 1.86. The van der Waals surface area contributed by atoms with Gasteiger partial charge in [0.2, 0.25) is 0 Å². The van der Waals surface area contributed by atoms with Crippen LogP contribution in [0.15, 0.2) is 24.8 Å². The lowest BCUT2D eigenvalue weighted by atomic mass is 10.1. The lowest BCUT2D eigenvalue weighted by Gasteiger charge is -2.04. The quantitative estimate of drug-likeness (QED) is 0.546. The highest BCUT2D eigenvalue weighted by atomic mass is 16.3. The van der Waals surface area contributed by atoms with Crippen LogP contribution in [0.3, 0.4) is 0 Å². The highest BCUT2D eigenvalue weighted by Crippen LogP contribution is 2.05. The molecule has 1 N–H and O–H groups in total. The average Bonchev–Trinajstić information content (AvgIpc) is 1.84. The van der Waals surface area contributed by atoms with E-state index in [9.17, 15) is 0 Å². The fourth-order valence-corrected chi connectivity index (χ4v) is 0.318. The third-order valence-electron chi connectivity index (χ3n) is 1.17. The first-order valence-electron chi connectivity index (χ1n) is 2.64. The predicted molar refractivity (Wildman–Crippen MR) is 35.6 cm³/mol. The fourth-order valence-electron chi connectivity index (χ4n) is 0.318. The van der Waals surface area contributed by atoms with Crippen molar-refractivity contribution in [3.05, 3.63) is 24.8 Å². The molecule has 0 aliphatic carbocycles. The van der Waals surface area contributed by atoms with Crippen LogP contribution in [-0.2, 0) is 0 Å². The van der Waals surface area contributed by atoms with E-state index in [0.717, 1.165) is 5.57 Å². The minimum atomic E-state index is 0.158. The lowest BCUT2D eigenvalue weighted by Crippen LogP contribution is -2.00. The number of aliphatic hydroxyl groups is 1. The molecule has 0 saturated carbocycles. The van der Waals surface area contributed by atoms with Crippen LogP contribution in [0.25, 0.3) is 0 Å². The number of aliphatic hydroxyl groups excluding tert-OH is 1. The molecule has 0 aromatic carbocycles. The van der Waals surface area contributed by atoms with Crippen LogP contribution in [0.1, 0.15) is 6.92 Å². The monoisotopic (exact) mass is 112 g/mol. The molecule has 0 rings (SSSR count). The maximum Gasteiger partial charge on any atom is 0.0496 e. The molecule has 46 valence electrons. The third kappa shape index (κ3) is 1.94. The summed E-state index contributed by atoms with van der Waals surface area (Å²) in [5.41, 5.74) is 0.896. The zero-order valence-electron chi connectivity index (χ0n) is 5.22. The van der Waals surface area contributed by atoms with E-state index in [1.807, 2.05) is 6.92 Å². The van der Waals surface area contributed by atoms with Gasteiger partial charge in [0.25, 0.3) is 0 Å². The molecule has 0 aliphatic heterocycles. The molecule has 0 bridgehead atoms. The highest BCUT2D eigenvalue weighted by molar-refractivity contribution is 5.13. The molecule has 0 spiro atoms. The predicted octanol–water partition coefficient (Wildman–Crippen LogP) is 1.36. The second-order valence-electron chi connectivity index (χ2n) is 1.86. The summed E-state index contributed by atoms with van der Waals surface area (Å²) in [4.78, 5) is 0. The maximum absolute atomic E-state index is 8.53. The Kier molecular flexibility index (Phi) is 3.20. The summed E-state index contributed by atoms with van der Waals surface area (Å²) < 4.78 is 0. The summed E-state index contributed by atoms with van der Waals surface area (Å²) in [5.74, 6) is 0.160. The van der Waals surface area contributed by atoms with E-state index in [2.05, 4.69) is 13.2 Å². The van der Waals surface area contributed by atoms with Gasteiger partial charge in [-0.2, -0.15) is 0 Å². The molecular formula is C7H12O. The van der Waals surface area contributed by atoms with E-state index in [1.165, 1.54) is 0 Å². The molecule has 1 atom stereocenters. The molecule has 1 nitrogen and oxygen atoms in total. The smallest absolute Gasteiger partial charge is 0.0496 e. The maximum atomic E-state index is 8.53. The van der Waals surface area contributed by atoms with Crippen molar-refractivity contribution < 1.29 is 5.11 Å². The van der Waals surface area contributed by atoms with E-state index >= 15 is 0 Å². The van der Waals surface area contributed by atoms with Crippen molar-refractivity contribution >= 4 is 0 Å². The Morgan fingerprint density at radius 1 is 1.88 bits per heavy atom. The van der Waals surface area contributed by atoms with E-state index in [-0.39, 0.29) is 12.5 Å². The Morgan fingerprint density at radius 3 is 2.50 bits per heavy atom. The molecule has 1 unspecified atom stereocenters. The molecule has 0 aromatic heterocycles. The molecule has 0 saturated heterocycles. The van der Waals surface area contributed by atoms with Gasteiger partial charge in [-0.25, -0.2) is 0 Å². The van der Waals surface area contributed by atoms with Gasteiger partial charge in [-0.05, 0) is 0 Å². The fraction of sp³-hybridized carbons (Fsp3) is 0.429.